The molecule has 0 aromatic heterocycles. The van der Waals surface area contributed by atoms with Crippen LogP contribution in [0, 0.1) is 5.92 Å². The molecule has 0 bridgehead atoms. The first-order chi connectivity index (χ1) is 21.7. The zero-order valence-electron chi connectivity index (χ0n) is 25.4. The third-order valence-electron chi connectivity index (χ3n) is 8.25. The van der Waals surface area contributed by atoms with Gasteiger partial charge >= 0.3 is 18.0 Å². The number of amides is 3. The minimum atomic E-state index is -1.11. The molecule has 4 N–H and O–H groups in total. The number of nitrogens with one attached hydrogen (secondary N) is 2. The largest absolute Gasteiger partial charge is 0.480 e. The minimum Gasteiger partial charge on any atom is -0.480 e. The van der Waals surface area contributed by atoms with Crippen LogP contribution in [0.5, 0.6) is 0 Å². The van der Waals surface area contributed by atoms with Gasteiger partial charge in [-0.25, -0.2) is 14.4 Å². The average molecular weight is 632 g/mol. The van der Waals surface area contributed by atoms with Gasteiger partial charge in [0.25, 0.3) is 0 Å². The number of thiol groups is 1. The van der Waals surface area contributed by atoms with Crippen molar-refractivity contribution >= 4 is 36.5 Å². The molecule has 2 unspecified atom stereocenters. The molecular formula is C35H41N3O6S. The van der Waals surface area contributed by atoms with E-state index in [2.05, 4.69) is 30.2 Å². The SMILES string of the molecule is CCCCC(Cc1ccc(-c2ccccc2C(=O)O)cc1)NC(=O)N1C[C@@H](NC(=O)C(CS)Cc2ccccc2)C[C@H]1C(=O)O. The Morgan fingerprint density at radius 2 is 1.58 bits per heavy atom. The van der Waals surface area contributed by atoms with E-state index in [1.807, 2.05) is 54.6 Å². The van der Waals surface area contributed by atoms with Crippen LogP contribution in [0.4, 0.5) is 4.79 Å². The van der Waals surface area contributed by atoms with E-state index in [1.165, 1.54) is 4.90 Å². The van der Waals surface area contributed by atoms with Gasteiger partial charge in [0.1, 0.15) is 6.04 Å². The molecule has 0 saturated carbocycles. The highest BCUT2D eigenvalue weighted by Gasteiger charge is 2.41. The summed E-state index contributed by atoms with van der Waals surface area (Å²) in [6.45, 7) is 2.16. The molecule has 45 heavy (non-hydrogen) atoms. The molecule has 238 valence electrons. The van der Waals surface area contributed by atoms with Crippen LogP contribution in [-0.2, 0) is 22.4 Å². The summed E-state index contributed by atoms with van der Waals surface area (Å²) in [5.41, 5.74) is 3.61. The van der Waals surface area contributed by atoms with E-state index in [9.17, 15) is 29.4 Å². The molecule has 0 spiro atoms. The van der Waals surface area contributed by atoms with Crippen molar-refractivity contribution < 1.29 is 29.4 Å². The molecule has 1 aliphatic heterocycles. The Labute approximate surface area is 269 Å². The molecule has 0 aliphatic carbocycles. The van der Waals surface area contributed by atoms with E-state index in [4.69, 9.17) is 0 Å². The molecule has 4 atom stereocenters. The Hall–Kier alpha value is -4.31. The Morgan fingerprint density at radius 1 is 0.911 bits per heavy atom. The summed E-state index contributed by atoms with van der Waals surface area (Å²) >= 11 is 4.37. The molecule has 0 radical (unpaired) electrons. The maximum absolute atomic E-state index is 13.5. The van der Waals surface area contributed by atoms with Crippen LogP contribution < -0.4 is 10.6 Å². The van der Waals surface area contributed by atoms with E-state index in [1.54, 1.807) is 24.3 Å². The number of carbonyl (C=O) groups excluding carboxylic acids is 2. The zero-order valence-corrected chi connectivity index (χ0v) is 26.3. The number of carboxylic acids is 2. The van der Waals surface area contributed by atoms with Gasteiger partial charge in [-0.15, -0.1) is 0 Å². The van der Waals surface area contributed by atoms with Gasteiger partial charge < -0.3 is 25.7 Å². The number of hydrogen-bond acceptors (Lipinski definition) is 5. The van der Waals surface area contributed by atoms with Gasteiger partial charge in [-0.1, -0.05) is 92.6 Å². The number of urea groups is 1. The van der Waals surface area contributed by atoms with Crippen LogP contribution in [-0.4, -0.2) is 69.4 Å². The van der Waals surface area contributed by atoms with Gasteiger partial charge in [0.15, 0.2) is 0 Å². The second-order valence-electron chi connectivity index (χ2n) is 11.6. The number of rotatable bonds is 14. The minimum absolute atomic E-state index is 0.0946. The first-order valence-electron chi connectivity index (χ1n) is 15.4. The molecule has 9 nitrogen and oxygen atoms in total. The van der Waals surface area contributed by atoms with Gasteiger partial charge in [0.2, 0.25) is 5.91 Å². The van der Waals surface area contributed by atoms with Gasteiger partial charge in [0, 0.05) is 30.8 Å². The fourth-order valence-electron chi connectivity index (χ4n) is 5.82. The normalized spacial score (nSPS) is 17.3. The molecule has 1 fully saturated rings. The summed E-state index contributed by atoms with van der Waals surface area (Å²) in [5.74, 6) is -2.36. The number of nitrogens with zero attached hydrogens (tertiary/aromatic N) is 1. The summed E-state index contributed by atoms with van der Waals surface area (Å²) in [4.78, 5) is 51.7. The van der Waals surface area contributed by atoms with Crippen molar-refractivity contribution in [3.8, 4) is 11.1 Å². The van der Waals surface area contributed by atoms with Crippen molar-refractivity contribution in [3.63, 3.8) is 0 Å². The molecule has 4 rings (SSSR count). The van der Waals surface area contributed by atoms with E-state index < -0.39 is 30.1 Å². The number of unbranched alkanes of at least 4 members (excludes halogenated alkanes) is 1. The number of aliphatic carboxylic acids is 1. The Balaban J connectivity index is 1.41. The lowest BCUT2D eigenvalue weighted by Gasteiger charge is -2.26. The Morgan fingerprint density at radius 3 is 2.22 bits per heavy atom. The van der Waals surface area contributed by atoms with Crippen LogP contribution in [0.3, 0.4) is 0 Å². The lowest BCUT2D eigenvalue weighted by molar-refractivity contribution is -0.141. The fraction of sp³-hybridized carbons (Fsp3) is 0.371. The molecule has 1 heterocycles. The maximum atomic E-state index is 13.5. The van der Waals surface area contributed by atoms with Gasteiger partial charge in [0.05, 0.1) is 11.5 Å². The van der Waals surface area contributed by atoms with Crippen LogP contribution >= 0.6 is 12.6 Å². The van der Waals surface area contributed by atoms with E-state index in [0.717, 1.165) is 29.5 Å². The topological polar surface area (TPSA) is 136 Å². The molecule has 3 amide bonds. The standard InChI is InChI=1S/C35H41N3O6S/c1-2-3-11-27(19-24-14-16-25(17-15-24)29-12-7-8-13-30(29)33(40)41)37-35(44)38-21-28(20-31(38)34(42)43)36-32(39)26(22-45)18-23-9-5-4-6-10-23/h4-10,12-17,26-28,31,45H,2-3,11,18-22H2,1H3,(H,36,39)(H,37,44)(H,40,41)(H,42,43)/t26?,27?,28-,31-/m0/s1. The molecular weight excluding hydrogens is 590 g/mol. The van der Waals surface area contributed by atoms with Gasteiger partial charge in [-0.2, -0.15) is 12.6 Å². The Bertz CT molecular complexity index is 1470. The number of hydrogen-bond donors (Lipinski definition) is 5. The lowest BCUT2D eigenvalue weighted by Crippen LogP contribution is -2.50. The highest BCUT2D eigenvalue weighted by atomic mass is 32.1. The van der Waals surface area contributed by atoms with Crippen molar-refractivity contribution in [2.75, 3.05) is 12.3 Å². The van der Waals surface area contributed by atoms with Crippen molar-refractivity contribution in [1.82, 2.24) is 15.5 Å². The smallest absolute Gasteiger partial charge is 0.336 e. The number of carbonyl (C=O) groups is 4. The second-order valence-corrected chi connectivity index (χ2v) is 11.9. The second kappa shape index (κ2) is 16.1. The van der Waals surface area contributed by atoms with E-state index in [0.29, 0.717) is 30.6 Å². The summed E-state index contributed by atoms with van der Waals surface area (Å²) in [6, 6.07) is 21.8. The molecule has 1 saturated heterocycles. The van der Waals surface area contributed by atoms with Crippen molar-refractivity contribution in [3.05, 3.63) is 95.6 Å². The summed E-state index contributed by atoms with van der Waals surface area (Å²) in [7, 11) is 0. The van der Waals surface area contributed by atoms with E-state index >= 15 is 0 Å². The quantitative estimate of drug-likeness (QED) is 0.153. The van der Waals surface area contributed by atoms with Crippen molar-refractivity contribution in [2.24, 2.45) is 5.92 Å². The first kappa shape index (κ1) is 33.6. The van der Waals surface area contributed by atoms with Gasteiger partial charge in [-0.3, -0.25) is 4.79 Å². The molecule has 1 aliphatic rings. The third-order valence-corrected chi connectivity index (χ3v) is 8.69. The zero-order chi connectivity index (χ0) is 32.3. The lowest BCUT2D eigenvalue weighted by atomic mass is 9.96. The number of likely N-dealkylation sites (tertiary alicyclic amines) is 1. The van der Waals surface area contributed by atoms with Crippen molar-refractivity contribution in [2.45, 2.75) is 63.6 Å². The molecule has 3 aromatic carbocycles. The first-order valence-corrected chi connectivity index (χ1v) is 16.0. The third kappa shape index (κ3) is 9.11. The molecule has 10 heteroatoms. The average Bonchev–Trinajstić information content (AvgIpc) is 3.47. The Kier molecular flexibility index (Phi) is 12.0. The number of benzene rings is 3. The number of carboxylic acid groups (broad SMARTS) is 2. The van der Waals surface area contributed by atoms with E-state index in [-0.39, 0.29) is 36.4 Å². The summed E-state index contributed by atoms with van der Waals surface area (Å²) in [6.07, 6.45) is 3.69. The van der Waals surface area contributed by atoms with Crippen LogP contribution in [0.15, 0.2) is 78.9 Å². The predicted molar refractivity (Wildman–Crippen MR) is 177 cm³/mol. The van der Waals surface area contributed by atoms with Gasteiger partial charge in [-0.05, 0) is 47.6 Å². The maximum Gasteiger partial charge on any atom is 0.336 e. The fourth-order valence-corrected chi connectivity index (χ4v) is 6.11. The van der Waals surface area contributed by atoms with Crippen LogP contribution in [0.25, 0.3) is 11.1 Å². The van der Waals surface area contributed by atoms with Crippen LogP contribution in [0.2, 0.25) is 0 Å². The predicted octanol–water partition coefficient (Wildman–Crippen LogP) is 5.30. The summed E-state index contributed by atoms with van der Waals surface area (Å²) in [5, 5.41) is 25.5. The molecule has 3 aromatic rings. The van der Waals surface area contributed by atoms with Crippen LogP contribution in [0.1, 0.15) is 54.1 Å². The number of aromatic carboxylic acids is 1. The van der Waals surface area contributed by atoms with Crippen molar-refractivity contribution in [1.29, 1.82) is 0 Å². The summed E-state index contributed by atoms with van der Waals surface area (Å²) < 4.78 is 0. The highest BCUT2D eigenvalue weighted by Crippen LogP contribution is 2.25. The monoisotopic (exact) mass is 631 g/mol. The highest BCUT2D eigenvalue weighted by molar-refractivity contribution is 7.80.